The molecule has 0 aliphatic carbocycles. The zero-order valence-corrected chi connectivity index (χ0v) is 13.8. The van der Waals surface area contributed by atoms with Gasteiger partial charge in [-0.2, -0.15) is 0 Å². The predicted octanol–water partition coefficient (Wildman–Crippen LogP) is 3.86. The molecule has 0 unspecified atom stereocenters. The van der Waals surface area contributed by atoms with Gasteiger partial charge < -0.3 is 9.64 Å². The Bertz CT molecular complexity index is 822. The van der Waals surface area contributed by atoms with Gasteiger partial charge in [-0.25, -0.2) is 9.18 Å². The van der Waals surface area contributed by atoms with Crippen molar-refractivity contribution in [3.05, 3.63) is 63.9 Å². The number of ether oxygens (including phenoxy) is 1. The van der Waals surface area contributed by atoms with Crippen molar-refractivity contribution < 1.29 is 18.7 Å². The molecule has 0 saturated heterocycles. The zero-order chi connectivity index (χ0) is 17.3. The number of anilines is 1. The normalized spacial score (nSPS) is 13.4. The van der Waals surface area contributed by atoms with Crippen LogP contribution in [0.3, 0.4) is 0 Å². The summed E-state index contributed by atoms with van der Waals surface area (Å²) in [4.78, 5) is 25.9. The lowest BCUT2D eigenvalue weighted by atomic mass is 9.99. The molecule has 0 spiro atoms. The number of esters is 1. The number of nitrogens with zero attached hydrogens (tertiary/aromatic N) is 1. The maximum Gasteiger partial charge on any atom is 0.337 e. The van der Waals surface area contributed by atoms with E-state index in [2.05, 4.69) is 4.74 Å². The summed E-state index contributed by atoms with van der Waals surface area (Å²) in [5.41, 5.74) is 1.43. The van der Waals surface area contributed by atoms with Gasteiger partial charge >= 0.3 is 5.97 Å². The molecule has 24 heavy (non-hydrogen) atoms. The minimum absolute atomic E-state index is 0.224. The minimum Gasteiger partial charge on any atom is -0.465 e. The van der Waals surface area contributed by atoms with Crippen LogP contribution in [0.2, 0.25) is 5.02 Å². The molecule has 1 heterocycles. The molecule has 0 saturated carbocycles. The summed E-state index contributed by atoms with van der Waals surface area (Å²) in [6, 6.07) is 8.96. The van der Waals surface area contributed by atoms with E-state index in [0.29, 0.717) is 35.5 Å². The summed E-state index contributed by atoms with van der Waals surface area (Å²) in [5, 5.41) is 0.451. The quantitative estimate of drug-likeness (QED) is 0.775. The van der Waals surface area contributed by atoms with Crippen LogP contribution in [0.1, 0.15) is 32.7 Å². The number of hydrogen-bond acceptors (Lipinski definition) is 3. The van der Waals surface area contributed by atoms with Crippen LogP contribution >= 0.6 is 11.6 Å². The van der Waals surface area contributed by atoms with Crippen LogP contribution in [0.25, 0.3) is 0 Å². The van der Waals surface area contributed by atoms with Crippen molar-refractivity contribution >= 4 is 29.2 Å². The highest BCUT2D eigenvalue weighted by molar-refractivity contribution is 6.32. The molecular weight excluding hydrogens is 333 g/mol. The van der Waals surface area contributed by atoms with Gasteiger partial charge in [0.15, 0.2) is 0 Å². The predicted molar refractivity (Wildman–Crippen MR) is 89.2 cm³/mol. The first kappa shape index (κ1) is 16.5. The fourth-order valence-corrected chi connectivity index (χ4v) is 3.14. The van der Waals surface area contributed by atoms with Gasteiger partial charge in [0.05, 0.1) is 18.4 Å². The van der Waals surface area contributed by atoms with Gasteiger partial charge in [0.25, 0.3) is 5.91 Å². The summed E-state index contributed by atoms with van der Waals surface area (Å²) < 4.78 is 19.0. The summed E-state index contributed by atoms with van der Waals surface area (Å²) in [6.45, 7) is 0.394. The maximum atomic E-state index is 14.3. The molecule has 0 atom stereocenters. The Kier molecular flexibility index (Phi) is 4.53. The molecule has 4 nitrogen and oxygen atoms in total. The summed E-state index contributed by atoms with van der Waals surface area (Å²) in [7, 11) is 1.27. The Morgan fingerprint density at radius 1 is 1.21 bits per heavy atom. The number of carbonyl (C=O) groups excluding carboxylic acids is 2. The molecule has 0 aromatic heterocycles. The number of fused-ring (bicyclic) bond motifs is 1. The van der Waals surface area contributed by atoms with E-state index < -0.39 is 11.8 Å². The Labute approximate surface area is 143 Å². The molecule has 3 rings (SSSR count). The number of rotatable bonds is 2. The fraction of sp³-hybridized carbons (Fsp3) is 0.222. The molecule has 0 bridgehead atoms. The van der Waals surface area contributed by atoms with E-state index in [9.17, 15) is 14.0 Å². The van der Waals surface area contributed by atoms with E-state index in [-0.39, 0.29) is 17.2 Å². The van der Waals surface area contributed by atoms with Gasteiger partial charge in [0.1, 0.15) is 5.82 Å². The average molecular weight is 348 g/mol. The van der Waals surface area contributed by atoms with Crippen molar-refractivity contribution in [2.75, 3.05) is 18.6 Å². The van der Waals surface area contributed by atoms with Crippen molar-refractivity contribution in [2.24, 2.45) is 0 Å². The maximum absolute atomic E-state index is 14.3. The zero-order valence-electron chi connectivity index (χ0n) is 13.0. The average Bonchev–Trinajstić information content (AvgIpc) is 2.63. The molecule has 124 valence electrons. The number of amides is 1. The van der Waals surface area contributed by atoms with E-state index in [0.717, 1.165) is 0 Å². The number of hydrogen-bond donors (Lipinski definition) is 0. The van der Waals surface area contributed by atoms with Gasteiger partial charge in [-0.15, -0.1) is 0 Å². The van der Waals surface area contributed by atoms with Crippen molar-refractivity contribution in [1.29, 1.82) is 0 Å². The van der Waals surface area contributed by atoms with E-state index in [1.54, 1.807) is 18.2 Å². The molecule has 2 aromatic carbocycles. The Morgan fingerprint density at radius 2 is 1.96 bits per heavy atom. The lowest BCUT2D eigenvalue weighted by Gasteiger charge is -2.30. The van der Waals surface area contributed by atoms with Crippen molar-refractivity contribution in [3.63, 3.8) is 0 Å². The van der Waals surface area contributed by atoms with Crippen LogP contribution in [0, 0.1) is 5.82 Å². The lowest BCUT2D eigenvalue weighted by Crippen LogP contribution is -2.36. The third-order valence-electron chi connectivity index (χ3n) is 4.03. The molecule has 1 amide bonds. The van der Waals surface area contributed by atoms with Crippen LogP contribution in [-0.2, 0) is 11.2 Å². The second kappa shape index (κ2) is 6.61. The molecule has 1 aliphatic rings. The van der Waals surface area contributed by atoms with Gasteiger partial charge in [0.2, 0.25) is 0 Å². The van der Waals surface area contributed by atoms with Crippen LogP contribution < -0.4 is 4.90 Å². The highest BCUT2D eigenvalue weighted by Crippen LogP contribution is 2.35. The third kappa shape index (κ3) is 2.87. The third-order valence-corrected chi connectivity index (χ3v) is 4.38. The first-order chi connectivity index (χ1) is 11.5. The fourth-order valence-electron chi connectivity index (χ4n) is 2.89. The Morgan fingerprint density at radius 3 is 2.71 bits per heavy atom. The van der Waals surface area contributed by atoms with Gasteiger partial charge in [-0.3, -0.25) is 4.79 Å². The molecule has 2 aromatic rings. The topological polar surface area (TPSA) is 46.6 Å². The van der Waals surface area contributed by atoms with Crippen LogP contribution in [0.4, 0.5) is 10.1 Å². The summed E-state index contributed by atoms with van der Waals surface area (Å²) in [6.07, 6.45) is 1.32. The van der Waals surface area contributed by atoms with E-state index in [1.165, 1.54) is 30.2 Å². The number of halogens is 2. The Hall–Kier alpha value is -2.40. The van der Waals surface area contributed by atoms with Gasteiger partial charge in [-0.05, 0) is 48.7 Å². The minimum atomic E-state index is -0.530. The van der Waals surface area contributed by atoms with Crippen molar-refractivity contribution in [2.45, 2.75) is 12.8 Å². The highest BCUT2D eigenvalue weighted by Gasteiger charge is 2.28. The molecular formula is C18H15ClFNO3. The molecule has 0 N–H and O–H groups in total. The standard InChI is InChI=1S/C18H15ClFNO3/c1-24-18(23)12-5-2-4-11(10-12)17(22)21-9-3-6-13-14(19)7-8-15(20)16(13)21/h2,4-5,7-8,10H,3,6,9H2,1H3. The van der Waals surface area contributed by atoms with E-state index in [4.69, 9.17) is 11.6 Å². The first-order valence-electron chi connectivity index (χ1n) is 7.50. The van der Waals surface area contributed by atoms with Crippen LogP contribution in [0.5, 0.6) is 0 Å². The van der Waals surface area contributed by atoms with E-state index >= 15 is 0 Å². The Balaban J connectivity index is 2.01. The van der Waals surface area contributed by atoms with Gasteiger partial charge in [0, 0.05) is 17.1 Å². The number of benzene rings is 2. The number of carbonyl (C=O) groups is 2. The summed E-state index contributed by atoms with van der Waals surface area (Å²) in [5.74, 6) is -1.38. The molecule has 0 radical (unpaired) electrons. The smallest absolute Gasteiger partial charge is 0.337 e. The summed E-state index contributed by atoms with van der Waals surface area (Å²) >= 11 is 6.15. The SMILES string of the molecule is COC(=O)c1cccc(C(=O)N2CCCc3c(Cl)ccc(F)c32)c1. The van der Waals surface area contributed by atoms with Gasteiger partial charge in [-0.1, -0.05) is 17.7 Å². The second-order valence-electron chi connectivity index (χ2n) is 5.49. The lowest BCUT2D eigenvalue weighted by molar-refractivity contribution is 0.0600. The molecule has 1 aliphatic heterocycles. The number of methoxy groups -OCH3 is 1. The highest BCUT2D eigenvalue weighted by atomic mass is 35.5. The van der Waals surface area contributed by atoms with Crippen LogP contribution in [-0.4, -0.2) is 25.5 Å². The van der Waals surface area contributed by atoms with E-state index in [1.807, 2.05) is 0 Å². The van der Waals surface area contributed by atoms with Crippen molar-refractivity contribution in [3.8, 4) is 0 Å². The van der Waals surface area contributed by atoms with Crippen LogP contribution in [0.15, 0.2) is 36.4 Å². The largest absolute Gasteiger partial charge is 0.465 e. The monoisotopic (exact) mass is 347 g/mol. The van der Waals surface area contributed by atoms with Crippen molar-refractivity contribution in [1.82, 2.24) is 0 Å². The molecule has 0 fully saturated rings. The second-order valence-corrected chi connectivity index (χ2v) is 5.90. The molecule has 6 heteroatoms. The first-order valence-corrected chi connectivity index (χ1v) is 7.88.